The summed E-state index contributed by atoms with van der Waals surface area (Å²) in [7, 11) is 2.84. The molecule has 2 aliphatic rings. The molecule has 2 amide bonds. The van der Waals surface area contributed by atoms with Gasteiger partial charge >= 0.3 is 5.97 Å². The van der Waals surface area contributed by atoms with E-state index in [1.54, 1.807) is 41.2 Å². The third kappa shape index (κ3) is 3.58. The van der Waals surface area contributed by atoms with Gasteiger partial charge in [-0.25, -0.2) is 9.36 Å². The quantitative estimate of drug-likeness (QED) is 0.252. The van der Waals surface area contributed by atoms with E-state index in [1.807, 2.05) is 0 Å². The Morgan fingerprint density at radius 3 is 2.48 bits per heavy atom. The normalized spacial score (nSPS) is 21.8. The number of carboxylic acid groups (broad SMARTS) is 1. The van der Waals surface area contributed by atoms with Crippen LogP contribution in [0.25, 0.3) is 0 Å². The van der Waals surface area contributed by atoms with Crippen LogP contribution in [0.2, 0.25) is 0 Å². The zero-order valence-corrected chi connectivity index (χ0v) is 18.7. The lowest BCUT2D eigenvalue weighted by Gasteiger charge is -2.58. The number of nitrogens with zero attached hydrogens (tertiary/aromatic N) is 3. The summed E-state index contributed by atoms with van der Waals surface area (Å²) in [5, 5.41) is 18.7. The highest BCUT2D eigenvalue weighted by molar-refractivity contribution is 8.00. The number of amides is 2. The molecule has 1 fully saturated rings. The van der Waals surface area contributed by atoms with E-state index in [0.717, 1.165) is 0 Å². The van der Waals surface area contributed by atoms with Crippen LogP contribution in [0.15, 0.2) is 60.1 Å². The molecule has 0 aliphatic carbocycles. The number of hydrogen-bond acceptors (Lipinski definition) is 7. The average Bonchev–Trinajstić information content (AvgIpc) is 2.83. The molecule has 0 spiro atoms. The van der Waals surface area contributed by atoms with Crippen LogP contribution in [0.4, 0.5) is 5.69 Å². The SMILES string of the molecule is COc1ccc(N(C=O)C2(OC)C(=O)N3C(C(=O)O)=C(C[n+]4ccc(O)cc4)CS[C@@H]32)cc1. The molecule has 1 saturated heterocycles. The Morgan fingerprint density at radius 1 is 1.27 bits per heavy atom. The monoisotopic (exact) mass is 472 g/mol. The fourth-order valence-electron chi connectivity index (χ4n) is 4.05. The Hall–Kier alpha value is -3.57. The zero-order chi connectivity index (χ0) is 23.8. The van der Waals surface area contributed by atoms with Crippen LogP contribution in [0, 0.1) is 0 Å². The molecule has 11 heteroatoms. The lowest BCUT2D eigenvalue weighted by atomic mass is 9.96. The van der Waals surface area contributed by atoms with Crippen molar-refractivity contribution < 1.29 is 38.6 Å². The summed E-state index contributed by atoms with van der Waals surface area (Å²) in [6, 6.07) is 9.53. The van der Waals surface area contributed by atoms with E-state index >= 15 is 0 Å². The number of carbonyl (C=O) groups is 3. The van der Waals surface area contributed by atoms with Gasteiger partial charge in [0.1, 0.15) is 22.6 Å². The summed E-state index contributed by atoms with van der Waals surface area (Å²) in [5.74, 6) is -0.903. The number of thioether (sulfide) groups is 1. The molecular formula is C22H22N3O7S+. The second-order valence-electron chi connectivity index (χ2n) is 7.40. The van der Waals surface area contributed by atoms with Gasteiger partial charge in [0.25, 0.3) is 11.6 Å². The molecule has 1 aromatic carbocycles. The van der Waals surface area contributed by atoms with Gasteiger partial charge in [0.15, 0.2) is 18.9 Å². The lowest BCUT2D eigenvalue weighted by molar-refractivity contribution is -0.689. The summed E-state index contributed by atoms with van der Waals surface area (Å²) in [6.45, 7) is 0.223. The Bertz CT molecular complexity index is 1120. The third-order valence-corrected chi connectivity index (χ3v) is 7.02. The van der Waals surface area contributed by atoms with Crippen LogP contribution in [-0.4, -0.2) is 64.5 Å². The molecule has 1 unspecified atom stereocenters. The maximum atomic E-state index is 13.4. The number of rotatable bonds is 8. The molecular weight excluding hydrogens is 450 g/mol. The number of aromatic hydroxyl groups is 1. The summed E-state index contributed by atoms with van der Waals surface area (Å²) in [4.78, 5) is 40.1. The van der Waals surface area contributed by atoms with Crippen LogP contribution >= 0.6 is 11.8 Å². The number of methoxy groups -OCH3 is 2. The highest BCUT2D eigenvalue weighted by Gasteiger charge is 2.69. The number of benzene rings is 1. The fourth-order valence-corrected chi connectivity index (χ4v) is 5.52. The second-order valence-corrected chi connectivity index (χ2v) is 8.47. The van der Waals surface area contributed by atoms with Gasteiger partial charge in [-0.15, -0.1) is 11.8 Å². The number of aliphatic carboxylic acids is 1. The predicted molar refractivity (Wildman–Crippen MR) is 117 cm³/mol. The van der Waals surface area contributed by atoms with E-state index in [0.29, 0.717) is 29.2 Å². The minimum Gasteiger partial charge on any atom is -0.507 e. The Kier molecular flexibility index (Phi) is 6.00. The molecule has 33 heavy (non-hydrogen) atoms. The maximum absolute atomic E-state index is 13.4. The minimum absolute atomic E-state index is 0.0899. The Morgan fingerprint density at radius 2 is 1.94 bits per heavy atom. The van der Waals surface area contributed by atoms with E-state index in [1.165, 1.54) is 47.9 Å². The molecule has 4 rings (SSSR count). The second kappa shape index (κ2) is 8.75. The number of pyridine rings is 1. The van der Waals surface area contributed by atoms with Gasteiger partial charge in [-0.05, 0) is 24.3 Å². The minimum atomic E-state index is -1.68. The van der Waals surface area contributed by atoms with E-state index in [2.05, 4.69) is 0 Å². The number of ether oxygens (including phenoxy) is 2. The number of anilines is 1. The number of hydrogen-bond donors (Lipinski definition) is 2. The van der Waals surface area contributed by atoms with Crippen molar-refractivity contribution in [3.8, 4) is 11.5 Å². The summed E-state index contributed by atoms with van der Waals surface area (Å²) in [6.07, 6.45) is 3.74. The van der Waals surface area contributed by atoms with Crippen LogP contribution in [0.3, 0.4) is 0 Å². The fraction of sp³-hybridized carbons (Fsp3) is 0.273. The van der Waals surface area contributed by atoms with Crippen molar-refractivity contribution in [2.45, 2.75) is 17.6 Å². The first-order valence-electron chi connectivity index (χ1n) is 9.89. The molecule has 0 bridgehead atoms. The van der Waals surface area contributed by atoms with E-state index in [-0.39, 0.29) is 18.0 Å². The topological polar surface area (TPSA) is 120 Å². The van der Waals surface area contributed by atoms with Crippen LogP contribution < -0.4 is 14.2 Å². The van der Waals surface area contributed by atoms with Crippen molar-refractivity contribution in [1.29, 1.82) is 0 Å². The highest BCUT2D eigenvalue weighted by Crippen LogP contribution is 2.50. The molecule has 2 aromatic rings. The molecule has 0 radical (unpaired) electrons. The van der Waals surface area contributed by atoms with Gasteiger partial charge in [-0.2, -0.15) is 0 Å². The van der Waals surface area contributed by atoms with Gasteiger partial charge in [0, 0.05) is 36.3 Å². The van der Waals surface area contributed by atoms with Gasteiger partial charge in [0.2, 0.25) is 6.41 Å². The Balaban J connectivity index is 1.70. The van der Waals surface area contributed by atoms with Crippen LogP contribution in [0.5, 0.6) is 11.5 Å². The molecule has 0 saturated carbocycles. The average molecular weight is 472 g/mol. The first-order chi connectivity index (χ1) is 15.9. The number of carbonyl (C=O) groups excluding carboxylic acids is 2. The molecule has 2 atom stereocenters. The molecule has 2 N–H and O–H groups in total. The van der Waals surface area contributed by atoms with Crippen LogP contribution in [0.1, 0.15) is 0 Å². The smallest absolute Gasteiger partial charge is 0.352 e. The van der Waals surface area contributed by atoms with E-state index in [9.17, 15) is 24.6 Å². The zero-order valence-electron chi connectivity index (χ0n) is 17.9. The Labute approximate surface area is 193 Å². The maximum Gasteiger partial charge on any atom is 0.352 e. The summed E-state index contributed by atoms with van der Waals surface area (Å²) >= 11 is 1.32. The first kappa shape index (κ1) is 22.6. The van der Waals surface area contributed by atoms with Crippen molar-refractivity contribution >= 4 is 35.7 Å². The first-order valence-corrected chi connectivity index (χ1v) is 10.9. The number of β-lactam (4-membered cyclic amide) rings is 1. The number of aromatic nitrogens is 1. The third-order valence-electron chi connectivity index (χ3n) is 5.66. The summed E-state index contributed by atoms with van der Waals surface area (Å²) in [5.41, 5.74) is -0.872. The van der Waals surface area contributed by atoms with E-state index in [4.69, 9.17) is 9.47 Å². The highest BCUT2D eigenvalue weighted by atomic mass is 32.2. The van der Waals surface area contributed by atoms with Crippen LogP contribution in [-0.2, 0) is 25.7 Å². The number of fused-ring (bicyclic) bond motifs is 1. The van der Waals surface area contributed by atoms with Crippen molar-refractivity contribution in [3.63, 3.8) is 0 Å². The van der Waals surface area contributed by atoms with Crippen molar-refractivity contribution in [2.24, 2.45) is 0 Å². The van der Waals surface area contributed by atoms with Crippen molar-refractivity contribution in [1.82, 2.24) is 4.90 Å². The van der Waals surface area contributed by atoms with E-state index < -0.39 is 23.0 Å². The largest absolute Gasteiger partial charge is 0.507 e. The molecule has 172 valence electrons. The van der Waals surface area contributed by atoms with Gasteiger partial charge < -0.3 is 19.7 Å². The van der Waals surface area contributed by atoms with Gasteiger partial charge in [-0.1, -0.05) is 0 Å². The lowest BCUT2D eigenvalue weighted by Crippen LogP contribution is -2.80. The summed E-state index contributed by atoms with van der Waals surface area (Å²) < 4.78 is 12.5. The van der Waals surface area contributed by atoms with Crippen molar-refractivity contribution in [3.05, 3.63) is 60.1 Å². The molecule has 2 aliphatic heterocycles. The predicted octanol–water partition coefficient (Wildman–Crippen LogP) is 0.948. The molecule has 1 aromatic heterocycles. The molecule has 10 nitrogen and oxygen atoms in total. The number of carboxylic acids is 1. The molecule has 3 heterocycles. The van der Waals surface area contributed by atoms with Gasteiger partial charge in [0.05, 0.1) is 7.11 Å². The van der Waals surface area contributed by atoms with Crippen molar-refractivity contribution in [2.75, 3.05) is 24.9 Å². The standard InChI is InChI=1S/C22H21N3O7S/c1-31-17-5-3-15(4-6-17)24(13-26)22(32-2)20(30)25-18(19(28)29)14(12-33-21(22)25)11-23-9-7-16(27)8-10-23/h3-10,13,21H,11-12H2,1-2H3,(H,28,29)/p+1/t21-,22?/m1/s1. The van der Waals surface area contributed by atoms with Gasteiger partial charge in [-0.3, -0.25) is 19.4 Å².